The molecular weight excluding hydrogens is 300 g/mol. The van der Waals surface area contributed by atoms with Crippen LogP contribution in [0.25, 0.3) is 10.9 Å². The van der Waals surface area contributed by atoms with Gasteiger partial charge in [0, 0.05) is 13.1 Å². The van der Waals surface area contributed by atoms with Crippen molar-refractivity contribution in [2.45, 2.75) is 19.4 Å². The van der Waals surface area contributed by atoms with Gasteiger partial charge in [0.2, 0.25) is 5.91 Å². The van der Waals surface area contributed by atoms with E-state index in [0.717, 1.165) is 4.68 Å². The third-order valence-electron chi connectivity index (χ3n) is 4.04. The van der Waals surface area contributed by atoms with Crippen molar-refractivity contribution in [3.63, 3.8) is 0 Å². The van der Waals surface area contributed by atoms with Gasteiger partial charge in [-0.15, -0.1) is 5.10 Å². The summed E-state index contributed by atoms with van der Waals surface area (Å²) in [5.41, 5.74) is 0.0980. The lowest BCUT2D eigenvalue weighted by Gasteiger charge is -2.30. The number of fused-ring (bicyclic) bond motifs is 1. The van der Waals surface area contributed by atoms with Crippen LogP contribution in [0.3, 0.4) is 0 Å². The zero-order chi connectivity index (χ0) is 16.4. The molecule has 1 aliphatic rings. The van der Waals surface area contributed by atoms with Gasteiger partial charge in [-0.1, -0.05) is 17.3 Å². The molecule has 3 rings (SSSR count). The molecule has 0 saturated carbocycles. The summed E-state index contributed by atoms with van der Waals surface area (Å²) in [5, 5.41) is 17.2. The molecular formula is C15H16N4O4. The van der Waals surface area contributed by atoms with Gasteiger partial charge in [0.15, 0.2) is 0 Å². The number of nitrogens with zero attached hydrogens (tertiary/aromatic N) is 4. The van der Waals surface area contributed by atoms with E-state index in [-0.39, 0.29) is 24.6 Å². The van der Waals surface area contributed by atoms with Crippen molar-refractivity contribution < 1.29 is 14.7 Å². The molecule has 1 aromatic carbocycles. The second-order valence-corrected chi connectivity index (χ2v) is 5.59. The molecule has 1 aromatic heterocycles. The SMILES string of the molecule is O=C(O)[C@@H]1CCCN(C(=O)Cn2nnc3ccccc3c2=O)C1. The molecule has 1 fully saturated rings. The molecule has 0 spiro atoms. The maximum absolute atomic E-state index is 12.3. The number of carboxylic acids is 1. The van der Waals surface area contributed by atoms with Crippen LogP contribution < -0.4 is 5.56 Å². The van der Waals surface area contributed by atoms with E-state index in [9.17, 15) is 14.4 Å². The van der Waals surface area contributed by atoms with Crippen LogP contribution in [-0.4, -0.2) is 50.0 Å². The van der Waals surface area contributed by atoms with Gasteiger partial charge < -0.3 is 10.0 Å². The van der Waals surface area contributed by atoms with E-state index >= 15 is 0 Å². The third-order valence-corrected chi connectivity index (χ3v) is 4.04. The van der Waals surface area contributed by atoms with E-state index in [1.54, 1.807) is 24.3 Å². The molecule has 23 heavy (non-hydrogen) atoms. The van der Waals surface area contributed by atoms with E-state index in [1.807, 2.05) is 0 Å². The van der Waals surface area contributed by atoms with Crippen LogP contribution in [-0.2, 0) is 16.1 Å². The molecule has 0 aliphatic carbocycles. The quantitative estimate of drug-likeness (QED) is 0.862. The smallest absolute Gasteiger partial charge is 0.308 e. The number of amides is 1. The number of piperidine rings is 1. The summed E-state index contributed by atoms with van der Waals surface area (Å²) in [5.74, 6) is -1.76. The van der Waals surface area contributed by atoms with Gasteiger partial charge in [-0.05, 0) is 25.0 Å². The fourth-order valence-electron chi connectivity index (χ4n) is 2.76. The van der Waals surface area contributed by atoms with Crippen molar-refractivity contribution in [2.75, 3.05) is 13.1 Å². The van der Waals surface area contributed by atoms with Crippen molar-refractivity contribution >= 4 is 22.8 Å². The minimum absolute atomic E-state index is 0.171. The number of carboxylic acid groups (broad SMARTS) is 1. The number of aromatic nitrogens is 3. The number of carbonyl (C=O) groups excluding carboxylic acids is 1. The average molecular weight is 316 g/mol. The number of carbonyl (C=O) groups is 2. The Morgan fingerprint density at radius 1 is 1.30 bits per heavy atom. The van der Waals surface area contributed by atoms with E-state index in [2.05, 4.69) is 10.3 Å². The number of likely N-dealkylation sites (tertiary alicyclic amines) is 1. The summed E-state index contributed by atoms with van der Waals surface area (Å²) in [7, 11) is 0. The first kappa shape index (κ1) is 15.1. The normalized spacial score (nSPS) is 18.1. The summed E-state index contributed by atoms with van der Waals surface area (Å²) >= 11 is 0. The topological polar surface area (TPSA) is 105 Å². The molecule has 1 atom stereocenters. The van der Waals surface area contributed by atoms with Crippen molar-refractivity contribution in [3.8, 4) is 0 Å². The highest BCUT2D eigenvalue weighted by molar-refractivity contribution is 5.79. The average Bonchev–Trinajstić information content (AvgIpc) is 2.57. The van der Waals surface area contributed by atoms with Crippen LogP contribution in [0.2, 0.25) is 0 Å². The number of hydrogen-bond donors (Lipinski definition) is 1. The first-order valence-electron chi connectivity index (χ1n) is 7.39. The van der Waals surface area contributed by atoms with Crippen molar-refractivity contribution in [3.05, 3.63) is 34.6 Å². The van der Waals surface area contributed by atoms with Crippen molar-refractivity contribution in [2.24, 2.45) is 5.92 Å². The van der Waals surface area contributed by atoms with Gasteiger partial charge in [-0.3, -0.25) is 14.4 Å². The summed E-state index contributed by atoms with van der Waals surface area (Å²) in [4.78, 5) is 37.2. The predicted octanol–water partition coefficient (Wildman–Crippen LogP) is 0.115. The summed E-state index contributed by atoms with van der Waals surface area (Å²) in [6, 6.07) is 6.79. The molecule has 120 valence electrons. The standard InChI is InChI=1S/C15H16N4O4/c20-13(18-7-3-4-10(8-18)15(22)23)9-19-14(21)11-5-1-2-6-12(11)16-17-19/h1-2,5-6,10H,3-4,7-9H2,(H,22,23)/t10-/m1/s1. The lowest BCUT2D eigenvalue weighted by atomic mass is 9.98. The fraction of sp³-hybridized carbons (Fsp3) is 0.400. The number of hydrogen-bond acceptors (Lipinski definition) is 5. The Kier molecular flexibility index (Phi) is 4.05. The summed E-state index contributed by atoms with van der Waals surface area (Å²) < 4.78 is 1.02. The molecule has 8 heteroatoms. The summed E-state index contributed by atoms with van der Waals surface area (Å²) in [6.07, 6.45) is 1.20. The largest absolute Gasteiger partial charge is 0.481 e. The third kappa shape index (κ3) is 3.05. The highest BCUT2D eigenvalue weighted by atomic mass is 16.4. The Hall–Kier alpha value is -2.77. The molecule has 1 aliphatic heterocycles. The Morgan fingerprint density at radius 2 is 2.09 bits per heavy atom. The lowest BCUT2D eigenvalue weighted by Crippen LogP contribution is -2.45. The Labute approximate surface area is 131 Å². The van der Waals surface area contributed by atoms with E-state index in [1.165, 1.54) is 4.90 Å². The molecule has 8 nitrogen and oxygen atoms in total. The van der Waals surface area contributed by atoms with Gasteiger partial charge in [0.25, 0.3) is 5.56 Å². The minimum Gasteiger partial charge on any atom is -0.481 e. The predicted molar refractivity (Wildman–Crippen MR) is 80.7 cm³/mol. The number of benzene rings is 1. The van der Waals surface area contributed by atoms with Crippen LogP contribution in [0.4, 0.5) is 0 Å². The van der Waals surface area contributed by atoms with Crippen LogP contribution >= 0.6 is 0 Å². The molecule has 0 bridgehead atoms. The van der Waals surface area contributed by atoms with Gasteiger partial charge >= 0.3 is 5.97 Å². The van der Waals surface area contributed by atoms with Crippen molar-refractivity contribution in [1.82, 2.24) is 19.9 Å². The Bertz CT molecular complexity index is 816. The second-order valence-electron chi connectivity index (χ2n) is 5.59. The fourth-order valence-corrected chi connectivity index (χ4v) is 2.76. The number of rotatable bonds is 3. The zero-order valence-corrected chi connectivity index (χ0v) is 12.4. The van der Waals surface area contributed by atoms with E-state index in [0.29, 0.717) is 30.3 Å². The monoisotopic (exact) mass is 316 g/mol. The minimum atomic E-state index is -0.898. The second kappa shape index (κ2) is 6.15. The maximum Gasteiger partial charge on any atom is 0.308 e. The molecule has 1 N–H and O–H groups in total. The maximum atomic E-state index is 12.3. The number of aliphatic carboxylic acids is 1. The van der Waals surface area contributed by atoms with Gasteiger partial charge in [-0.25, -0.2) is 4.68 Å². The first-order chi connectivity index (χ1) is 11.1. The van der Waals surface area contributed by atoms with E-state index in [4.69, 9.17) is 5.11 Å². The Balaban J connectivity index is 1.79. The summed E-state index contributed by atoms with van der Waals surface area (Å²) in [6.45, 7) is 0.436. The van der Waals surface area contributed by atoms with Gasteiger partial charge in [0.1, 0.15) is 12.1 Å². The molecule has 1 saturated heterocycles. The lowest BCUT2D eigenvalue weighted by molar-refractivity contribution is -0.145. The molecule has 2 aromatic rings. The highest BCUT2D eigenvalue weighted by Gasteiger charge is 2.28. The van der Waals surface area contributed by atoms with Crippen LogP contribution in [0, 0.1) is 5.92 Å². The Morgan fingerprint density at radius 3 is 2.87 bits per heavy atom. The van der Waals surface area contributed by atoms with Gasteiger partial charge in [-0.2, -0.15) is 0 Å². The van der Waals surface area contributed by atoms with Crippen LogP contribution in [0.15, 0.2) is 29.1 Å². The van der Waals surface area contributed by atoms with Crippen LogP contribution in [0.1, 0.15) is 12.8 Å². The molecule has 1 amide bonds. The van der Waals surface area contributed by atoms with Crippen LogP contribution in [0.5, 0.6) is 0 Å². The first-order valence-corrected chi connectivity index (χ1v) is 7.39. The molecule has 0 radical (unpaired) electrons. The zero-order valence-electron chi connectivity index (χ0n) is 12.4. The van der Waals surface area contributed by atoms with Gasteiger partial charge in [0.05, 0.1) is 11.3 Å². The molecule has 0 unspecified atom stereocenters. The van der Waals surface area contributed by atoms with E-state index < -0.39 is 11.9 Å². The molecule has 2 heterocycles. The van der Waals surface area contributed by atoms with Crippen molar-refractivity contribution in [1.29, 1.82) is 0 Å². The highest BCUT2D eigenvalue weighted by Crippen LogP contribution is 2.16.